The van der Waals surface area contributed by atoms with Crippen LogP contribution in [0.4, 0.5) is 5.69 Å². The van der Waals surface area contributed by atoms with Crippen molar-refractivity contribution >= 4 is 11.8 Å². The van der Waals surface area contributed by atoms with E-state index in [1.54, 1.807) is 12.1 Å². The highest BCUT2D eigenvalue weighted by Gasteiger charge is 1.92. The lowest BCUT2D eigenvalue weighted by Crippen LogP contribution is -1.68. The Hall–Kier alpha value is -1.55. The van der Waals surface area contributed by atoms with Gasteiger partial charge in [0.1, 0.15) is 0 Å². The normalized spacial score (nSPS) is 8.30. The van der Waals surface area contributed by atoms with Gasteiger partial charge in [0.15, 0.2) is 5.69 Å². The first-order valence-corrected chi connectivity index (χ1v) is 2.97. The minimum atomic E-state index is 0.664. The molecule has 1 heteroatoms. The number of hydrogen-bond acceptors (Lipinski definition) is 0. The Bertz CT molecular complexity index is 281. The van der Waals surface area contributed by atoms with Crippen molar-refractivity contribution in [2.24, 2.45) is 0 Å². The molecule has 0 aliphatic rings. The second-order valence-corrected chi connectivity index (χ2v) is 1.87. The summed E-state index contributed by atoms with van der Waals surface area (Å²) in [6.45, 7) is 10.4. The number of hydrogen-bond donors (Lipinski definition) is 0. The van der Waals surface area contributed by atoms with Crippen molar-refractivity contribution in [3.63, 3.8) is 0 Å². The lowest BCUT2D eigenvalue weighted by atomic mass is 10.2. The molecule has 0 aliphatic carbocycles. The Balaban J connectivity index is 3.24. The van der Waals surface area contributed by atoms with Crippen molar-refractivity contribution < 1.29 is 0 Å². The molecule has 0 heterocycles. The van der Waals surface area contributed by atoms with Crippen LogP contribution in [-0.4, -0.2) is 0 Å². The molecular weight excluding hydrogens is 122 g/mol. The van der Waals surface area contributed by atoms with Gasteiger partial charge in [-0.15, -0.1) is 0 Å². The Morgan fingerprint density at radius 3 is 2.60 bits per heavy atom. The summed E-state index contributed by atoms with van der Waals surface area (Å²) in [6.07, 6.45) is 1.69. The molecule has 0 radical (unpaired) electrons. The van der Waals surface area contributed by atoms with Gasteiger partial charge in [-0.2, -0.15) is 0 Å². The molecule has 0 saturated heterocycles. The van der Waals surface area contributed by atoms with Gasteiger partial charge in [0.25, 0.3) is 0 Å². The van der Waals surface area contributed by atoms with Gasteiger partial charge in [0.2, 0.25) is 0 Å². The zero-order chi connectivity index (χ0) is 7.40. The molecule has 0 aromatic heterocycles. The number of benzene rings is 1. The van der Waals surface area contributed by atoms with Crippen LogP contribution in [0.25, 0.3) is 10.9 Å². The maximum Gasteiger partial charge on any atom is 0.194 e. The fraction of sp³-hybridized carbons (Fsp3) is 0. The Morgan fingerprint density at radius 1 is 1.40 bits per heavy atom. The summed E-state index contributed by atoms with van der Waals surface area (Å²) in [6, 6.07) is 7.40. The van der Waals surface area contributed by atoms with Crippen molar-refractivity contribution in [1.82, 2.24) is 0 Å². The third kappa shape index (κ3) is 1.06. The topological polar surface area (TPSA) is 4.36 Å². The second-order valence-electron chi connectivity index (χ2n) is 1.87. The summed E-state index contributed by atoms with van der Waals surface area (Å²) < 4.78 is 0. The number of nitrogens with zero attached hydrogens (tertiary/aromatic N) is 1. The standard InChI is InChI=1S/C9H7N/c1-3-8-6-4-5-7-9(8)10-2/h3-7H,1H2. The van der Waals surface area contributed by atoms with Crippen LogP contribution in [0.3, 0.4) is 0 Å². The van der Waals surface area contributed by atoms with Gasteiger partial charge in [-0.05, 0) is 5.56 Å². The van der Waals surface area contributed by atoms with Crippen LogP contribution < -0.4 is 0 Å². The molecule has 0 atom stereocenters. The average molecular weight is 129 g/mol. The van der Waals surface area contributed by atoms with Crippen LogP contribution in [0.1, 0.15) is 5.56 Å². The lowest BCUT2D eigenvalue weighted by Gasteiger charge is -1.92. The Labute approximate surface area is 60.4 Å². The van der Waals surface area contributed by atoms with E-state index in [1.807, 2.05) is 18.2 Å². The van der Waals surface area contributed by atoms with E-state index in [0.717, 1.165) is 5.56 Å². The molecular formula is C9H7N. The summed E-state index contributed by atoms with van der Waals surface area (Å²) in [5.41, 5.74) is 1.56. The first-order valence-electron chi connectivity index (χ1n) is 2.97. The van der Waals surface area contributed by atoms with Crippen molar-refractivity contribution in [1.29, 1.82) is 0 Å². The van der Waals surface area contributed by atoms with Crippen LogP contribution >= 0.6 is 0 Å². The van der Waals surface area contributed by atoms with Crippen LogP contribution in [0.15, 0.2) is 30.8 Å². The molecule has 0 bridgehead atoms. The zero-order valence-electron chi connectivity index (χ0n) is 5.54. The van der Waals surface area contributed by atoms with Crippen molar-refractivity contribution in [3.05, 3.63) is 47.8 Å². The van der Waals surface area contributed by atoms with Gasteiger partial charge in [-0.3, -0.25) is 0 Å². The highest BCUT2D eigenvalue weighted by atomic mass is 14.6. The summed E-state index contributed by atoms with van der Waals surface area (Å²) in [5.74, 6) is 0. The lowest BCUT2D eigenvalue weighted by molar-refractivity contribution is 1.67. The summed E-state index contributed by atoms with van der Waals surface area (Å²) in [4.78, 5) is 3.32. The smallest absolute Gasteiger partial charge is 0.194 e. The van der Waals surface area contributed by atoms with Crippen LogP contribution in [0, 0.1) is 6.57 Å². The van der Waals surface area contributed by atoms with E-state index >= 15 is 0 Å². The second kappa shape index (κ2) is 2.84. The number of rotatable bonds is 1. The van der Waals surface area contributed by atoms with E-state index < -0.39 is 0 Å². The molecule has 1 nitrogen and oxygen atoms in total. The molecule has 0 unspecified atom stereocenters. The van der Waals surface area contributed by atoms with E-state index in [1.165, 1.54) is 0 Å². The van der Waals surface area contributed by atoms with Gasteiger partial charge in [0, 0.05) is 0 Å². The molecule has 1 aromatic carbocycles. The zero-order valence-corrected chi connectivity index (χ0v) is 5.54. The Kier molecular flexibility index (Phi) is 1.86. The van der Waals surface area contributed by atoms with Crippen LogP contribution in [0.5, 0.6) is 0 Å². The van der Waals surface area contributed by atoms with E-state index in [0.29, 0.717) is 5.69 Å². The first-order chi connectivity index (χ1) is 4.88. The summed E-state index contributed by atoms with van der Waals surface area (Å²) >= 11 is 0. The van der Waals surface area contributed by atoms with Crippen molar-refractivity contribution in [2.45, 2.75) is 0 Å². The van der Waals surface area contributed by atoms with Gasteiger partial charge in [0.05, 0.1) is 6.57 Å². The van der Waals surface area contributed by atoms with Crippen LogP contribution in [0.2, 0.25) is 0 Å². The van der Waals surface area contributed by atoms with Gasteiger partial charge in [-0.25, -0.2) is 4.85 Å². The maximum absolute atomic E-state index is 6.77. The molecule has 0 aliphatic heterocycles. The third-order valence-corrected chi connectivity index (χ3v) is 1.28. The highest BCUT2D eigenvalue weighted by molar-refractivity contribution is 5.65. The van der Waals surface area contributed by atoms with E-state index in [9.17, 15) is 0 Å². The minimum absolute atomic E-state index is 0.664. The van der Waals surface area contributed by atoms with Gasteiger partial charge in [-0.1, -0.05) is 36.9 Å². The minimum Gasteiger partial charge on any atom is -0.238 e. The van der Waals surface area contributed by atoms with E-state index in [-0.39, 0.29) is 0 Å². The average Bonchev–Trinajstić information content (AvgIpc) is 2.04. The molecule has 1 rings (SSSR count). The Morgan fingerprint density at radius 2 is 2.10 bits per heavy atom. The maximum atomic E-state index is 6.77. The van der Waals surface area contributed by atoms with Gasteiger partial charge >= 0.3 is 0 Å². The monoisotopic (exact) mass is 129 g/mol. The van der Waals surface area contributed by atoms with Crippen molar-refractivity contribution in [3.8, 4) is 0 Å². The molecule has 0 N–H and O–H groups in total. The molecule has 10 heavy (non-hydrogen) atoms. The molecule has 48 valence electrons. The van der Waals surface area contributed by atoms with E-state index in [2.05, 4.69) is 11.4 Å². The summed E-state index contributed by atoms with van der Waals surface area (Å²) in [5, 5.41) is 0. The van der Waals surface area contributed by atoms with Crippen LogP contribution in [-0.2, 0) is 0 Å². The fourth-order valence-corrected chi connectivity index (χ4v) is 0.762. The predicted octanol–water partition coefficient (Wildman–Crippen LogP) is 2.88. The molecule has 0 saturated carbocycles. The highest BCUT2D eigenvalue weighted by Crippen LogP contribution is 2.18. The van der Waals surface area contributed by atoms with Crippen molar-refractivity contribution in [2.75, 3.05) is 0 Å². The van der Waals surface area contributed by atoms with E-state index in [4.69, 9.17) is 6.57 Å². The quantitative estimate of drug-likeness (QED) is 0.513. The first kappa shape index (κ1) is 6.57. The fourth-order valence-electron chi connectivity index (χ4n) is 0.762. The number of para-hydroxylation sites is 1. The molecule has 1 aromatic rings. The summed E-state index contributed by atoms with van der Waals surface area (Å²) in [7, 11) is 0. The SMILES string of the molecule is [C-]#[N+]c1ccccc1C=C. The largest absolute Gasteiger partial charge is 0.238 e. The molecule has 0 fully saturated rings. The van der Waals surface area contributed by atoms with Gasteiger partial charge < -0.3 is 0 Å². The molecule has 0 amide bonds. The third-order valence-electron chi connectivity index (χ3n) is 1.28. The molecule has 0 spiro atoms. The predicted molar refractivity (Wildman–Crippen MR) is 42.8 cm³/mol.